The average Bonchev–Trinajstić information content (AvgIpc) is 2.60. The SMILES string of the molecule is Cc1cc(S(=O)(=O)N2CCC(C(=O)NCCCN(C)C)CC2)ccc1F. The number of amides is 1. The summed E-state index contributed by atoms with van der Waals surface area (Å²) in [6, 6.07) is 3.82. The topological polar surface area (TPSA) is 69.7 Å². The van der Waals surface area contributed by atoms with Crippen molar-refractivity contribution in [3.05, 3.63) is 29.6 Å². The molecule has 1 aliphatic heterocycles. The Bertz CT molecular complexity index is 729. The fourth-order valence-corrected chi connectivity index (χ4v) is 4.59. The normalized spacial score (nSPS) is 16.8. The van der Waals surface area contributed by atoms with Crippen molar-refractivity contribution in [2.24, 2.45) is 5.92 Å². The van der Waals surface area contributed by atoms with E-state index in [4.69, 9.17) is 0 Å². The van der Waals surface area contributed by atoms with Crippen molar-refractivity contribution >= 4 is 15.9 Å². The fraction of sp³-hybridized carbons (Fsp3) is 0.611. The van der Waals surface area contributed by atoms with Gasteiger partial charge in [-0.3, -0.25) is 4.79 Å². The first-order valence-electron chi connectivity index (χ1n) is 8.90. The van der Waals surface area contributed by atoms with Crippen molar-refractivity contribution in [1.29, 1.82) is 0 Å². The molecule has 0 aliphatic carbocycles. The minimum Gasteiger partial charge on any atom is -0.356 e. The van der Waals surface area contributed by atoms with Gasteiger partial charge in [-0.25, -0.2) is 12.8 Å². The van der Waals surface area contributed by atoms with Gasteiger partial charge in [0, 0.05) is 25.6 Å². The summed E-state index contributed by atoms with van der Waals surface area (Å²) in [4.78, 5) is 14.4. The second-order valence-corrected chi connectivity index (χ2v) is 8.98. The summed E-state index contributed by atoms with van der Waals surface area (Å²) in [5, 5.41) is 2.93. The van der Waals surface area contributed by atoms with Crippen LogP contribution >= 0.6 is 0 Å². The Morgan fingerprint density at radius 3 is 2.54 bits per heavy atom. The molecule has 0 aromatic heterocycles. The third kappa shape index (κ3) is 5.25. The van der Waals surface area contributed by atoms with E-state index in [0.717, 1.165) is 13.0 Å². The second kappa shape index (κ2) is 8.92. The number of nitrogens with one attached hydrogen (secondary N) is 1. The summed E-state index contributed by atoms with van der Waals surface area (Å²) < 4.78 is 40.2. The minimum atomic E-state index is -3.65. The number of hydrogen-bond acceptors (Lipinski definition) is 4. The molecule has 1 aromatic rings. The summed E-state index contributed by atoms with van der Waals surface area (Å²) in [5.74, 6) is -0.581. The van der Waals surface area contributed by atoms with Gasteiger partial charge in [-0.2, -0.15) is 4.31 Å². The molecule has 0 radical (unpaired) electrons. The van der Waals surface area contributed by atoms with E-state index in [0.29, 0.717) is 38.0 Å². The number of carbonyl (C=O) groups excluding carboxylic acids is 1. The van der Waals surface area contributed by atoms with Crippen LogP contribution in [0.2, 0.25) is 0 Å². The first kappa shape index (κ1) is 20.8. The second-order valence-electron chi connectivity index (χ2n) is 7.04. The molecule has 0 unspecified atom stereocenters. The van der Waals surface area contributed by atoms with E-state index in [-0.39, 0.29) is 16.7 Å². The standard InChI is InChI=1S/C18H28FN3O3S/c1-14-13-16(5-6-17(14)19)26(24,25)22-11-7-15(8-12-22)18(23)20-9-4-10-21(2)3/h5-6,13,15H,4,7-12H2,1-3H3,(H,20,23). The lowest BCUT2D eigenvalue weighted by atomic mass is 9.97. The molecule has 1 N–H and O–H groups in total. The molecule has 1 heterocycles. The maximum Gasteiger partial charge on any atom is 0.243 e. The van der Waals surface area contributed by atoms with Crippen molar-refractivity contribution < 1.29 is 17.6 Å². The van der Waals surface area contributed by atoms with Crippen LogP contribution in [0, 0.1) is 18.7 Å². The van der Waals surface area contributed by atoms with Gasteiger partial charge in [0.05, 0.1) is 4.90 Å². The number of sulfonamides is 1. The van der Waals surface area contributed by atoms with E-state index in [1.807, 2.05) is 14.1 Å². The molecule has 26 heavy (non-hydrogen) atoms. The highest BCUT2D eigenvalue weighted by Crippen LogP contribution is 2.25. The number of aryl methyl sites for hydroxylation is 1. The van der Waals surface area contributed by atoms with Crippen molar-refractivity contribution in [3.8, 4) is 0 Å². The van der Waals surface area contributed by atoms with Crippen LogP contribution in [0.5, 0.6) is 0 Å². The number of nitrogens with zero attached hydrogens (tertiary/aromatic N) is 2. The van der Waals surface area contributed by atoms with Crippen LogP contribution in [0.15, 0.2) is 23.1 Å². The Labute approximate surface area is 155 Å². The van der Waals surface area contributed by atoms with Gasteiger partial charge in [-0.15, -0.1) is 0 Å². The van der Waals surface area contributed by atoms with Gasteiger partial charge in [-0.1, -0.05) is 0 Å². The lowest BCUT2D eigenvalue weighted by Crippen LogP contribution is -2.43. The Kier molecular flexibility index (Phi) is 7.14. The molecule has 0 spiro atoms. The quantitative estimate of drug-likeness (QED) is 0.724. The summed E-state index contributed by atoms with van der Waals surface area (Å²) in [7, 11) is 0.322. The van der Waals surface area contributed by atoms with Crippen molar-refractivity contribution in [1.82, 2.24) is 14.5 Å². The highest BCUT2D eigenvalue weighted by molar-refractivity contribution is 7.89. The first-order valence-corrected chi connectivity index (χ1v) is 10.3. The maximum absolute atomic E-state index is 13.4. The molecule has 1 fully saturated rings. The van der Waals surface area contributed by atoms with E-state index in [1.54, 1.807) is 6.92 Å². The summed E-state index contributed by atoms with van der Waals surface area (Å²) in [6.45, 7) is 3.68. The summed E-state index contributed by atoms with van der Waals surface area (Å²) >= 11 is 0. The third-order valence-electron chi connectivity index (χ3n) is 4.67. The van der Waals surface area contributed by atoms with Gasteiger partial charge in [0.25, 0.3) is 0 Å². The number of benzene rings is 1. The molecule has 0 atom stereocenters. The van der Waals surface area contributed by atoms with Crippen LogP contribution in [-0.2, 0) is 14.8 Å². The Morgan fingerprint density at radius 2 is 1.96 bits per heavy atom. The molecule has 0 saturated carbocycles. The van der Waals surface area contributed by atoms with Gasteiger partial charge < -0.3 is 10.2 Å². The highest BCUT2D eigenvalue weighted by atomic mass is 32.2. The van der Waals surface area contributed by atoms with Gasteiger partial charge in [0.2, 0.25) is 15.9 Å². The molecule has 1 aliphatic rings. The third-order valence-corrected chi connectivity index (χ3v) is 6.57. The summed E-state index contributed by atoms with van der Waals surface area (Å²) in [6.07, 6.45) is 1.88. The predicted octanol–water partition coefficient (Wildman–Crippen LogP) is 1.60. The molecule has 1 amide bonds. The fourth-order valence-electron chi connectivity index (χ4n) is 3.04. The van der Waals surface area contributed by atoms with Crippen LogP contribution < -0.4 is 5.32 Å². The number of halogens is 1. The molecule has 146 valence electrons. The Hall–Kier alpha value is -1.51. The zero-order chi connectivity index (χ0) is 19.3. The Balaban J connectivity index is 1.88. The van der Waals surface area contributed by atoms with E-state index < -0.39 is 15.8 Å². The van der Waals surface area contributed by atoms with Gasteiger partial charge in [-0.05, 0) is 70.6 Å². The molecule has 2 rings (SSSR count). The molecule has 0 bridgehead atoms. The molecular weight excluding hydrogens is 357 g/mol. The Morgan fingerprint density at radius 1 is 1.31 bits per heavy atom. The van der Waals surface area contributed by atoms with Crippen molar-refractivity contribution in [2.45, 2.75) is 31.1 Å². The van der Waals surface area contributed by atoms with Gasteiger partial charge in [0.15, 0.2) is 0 Å². The minimum absolute atomic E-state index is 0.00145. The number of hydrogen-bond donors (Lipinski definition) is 1. The first-order chi connectivity index (χ1) is 12.2. The van der Waals surface area contributed by atoms with Gasteiger partial charge in [0.1, 0.15) is 5.82 Å². The number of rotatable bonds is 7. The van der Waals surface area contributed by atoms with Crippen LogP contribution in [0.25, 0.3) is 0 Å². The van der Waals surface area contributed by atoms with Crippen LogP contribution in [0.1, 0.15) is 24.8 Å². The molecule has 1 saturated heterocycles. The molecule has 1 aromatic carbocycles. The van der Waals surface area contributed by atoms with Crippen LogP contribution in [0.4, 0.5) is 4.39 Å². The molecular formula is C18H28FN3O3S. The van der Waals surface area contributed by atoms with E-state index in [9.17, 15) is 17.6 Å². The van der Waals surface area contributed by atoms with Gasteiger partial charge >= 0.3 is 0 Å². The summed E-state index contributed by atoms with van der Waals surface area (Å²) in [5.41, 5.74) is 0.304. The van der Waals surface area contributed by atoms with E-state index in [1.165, 1.54) is 22.5 Å². The zero-order valence-electron chi connectivity index (χ0n) is 15.7. The molecule has 6 nitrogen and oxygen atoms in total. The predicted molar refractivity (Wildman–Crippen MR) is 98.8 cm³/mol. The molecule has 8 heteroatoms. The van der Waals surface area contributed by atoms with Crippen molar-refractivity contribution in [3.63, 3.8) is 0 Å². The highest BCUT2D eigenvalue weighted by Gasteiger charge is 2.32. The van der Waals surface area contributed by atoms with Crippen LogP contribution in [-0.4, -0.2) is 63.8 Å². The van der Waals surface area contributed by atoms with Crippen molar-refractivity contribution in [2.75, 3.05) is 40.3 Å². The van der Waals surface area contributed by atoms with E-state index >= 15 is 0 Å². The lowest BCUT2D eigenvalue weighted by molar-refractivity contribution is -0.126. The number of carbonyl (C=O) groups is 1. The number of piperidine rings is 1. The lowest BCUT2D eigenvalue weighted by Gasteiger charge is -2.30. The largest absolute Gasteiger partial charge is 0.356 e. The van der Waals surface area contributed by atoms with E-state index in [2.05, 4.69) is 10.2 Å². The zero-order valence-corrected chi connectivity index (χ0v) is 16.5. The monoisotopic (exact) mass is 385 g/mol. The smallest absolute Gasteiger partial charge is 0.243 e. The maximum atomic E-state index is 13.4. The van der Waals surface area contributed by atoms with Crippen LogP contribution in [0.3, 0.4) is 0 Å². The average molecular weight is 386 g/mol.